The second kappa shape index (κ2) is 3.87. The van der Waals surface area contributed by atoms with Crippen LogP contribution < -0.4 is 11.1 Å². The highest BCUT2D eigenvalue weighted by atomic mass is 16.5. The molecule has 0 aliphatic carbocycles. The number of nitrogens with two attached hydrogens (primary N) is 1. The van der Waals surface area contributed by atoms with Gasteiger partial charge in [-0.05, 0) is 19.8 Å². The van der Waals surface area contributed by atoms with Crippen LogP contribution in [0.1, 0.15) is 19.8 Å². The number of ether oxygens (including phenoxy) is 1. The van der Waals surface area contributed by atoms with E-state index in [1.807, 2.05) is 6.92 Å². The molecule has 0 bridgehead atoms. The third kappa shape index (κ3) is 2.46. The molecule has 1 atom stereocenters. The van der Waals surface area contributed by atoms with Crippen molar-refractivity contribution in [2.24, 2.45) is 5.73 Å². The van der Waals surface area contributed by atoms with Crippen molar-refractivity contribution in [3.8, 4) is 0 Å². The molecule has 0 aromatic heterocycles. The summed E-state index contributed by atoms with van der Waals surface area (Å²) >= 11 is 0. The van der Waals surface area contributed by atoms with Crippen molar-refractivity contribution in [3.05, 3.63) is 0 Å². The van der Waals surface area contributed by atoms with Crippen LogP contribution in [0.2, 0.25) is 0 Å². The first kappa shape index (κ1) is 9.48. The van der Waals surface area contributed by atoms with Gasteiger partial charge in [0.15, 0.2) is 0 Å². The normalized spacial score (nSPS) is 29.8. The Labute approximate surface area is 72.5 Å². The summed E-state index contributed by atoms with van der Waals surface area (Å²) in [6.45, 7) is 3.43. The molecule has 0 spiro atoms. The van der Waals surface area contributed by atoms with Gasteiger partial charge < -0.3 is 15.8 Å². The number of rotatable bonds is 2. The summed E-state index contributed by atoms with van der Waals surface area (Å²) in [5.41, 5.74) is 5.00. The maximum absolute atomic E-state index is 11.0. The molecule has 0 saturated carbocycles. The quantitative estimate of drug-likeness (QED) is 0.597. The minimum atomic E-state index is -0.200. The van der Waals surface area contributed by atoms with Gasteiger partial charge in [0.1, 0.15) is 0 Å². The molecule has 1 rings (SSSR count). The molecule has 1 fully saturated rings. The standard InChI is InChI=1S/C8H16N2O2/c1-8(10-7(11)5-9)3-2-4-12-6-8/h2-6,9H2,1H3,(H,10,11). The molecule has 1 unspecified atom stereocenters. The summed E-state index contributed by atoms with van der Waals surface area (Å²) in [7, 11) is 0. The molecule has 3 N–H and O–H groups in total. The van der Waals surface area contributed by atoms with Crippen molar-refractivity contribution < 1.29 is 9.53 Å². The molecular weight excluding hydrogens is 156 g/mol. The van der Waals surface area contributed by atoms with Crippen LogP contribution in [0.4, 0.5) is 0 Å². The van der Waals surface area contributed by atoms with Gasteiger partial charge in [0.25, 0.3) is 0 Å². The van der Waals surface area contributed by atoms with Crippen LogP contribution in [0.3, 0.4) is 0 Å². The Morgan fingerprint density at radius 3 is 3.00 bits per heavy atom. The van der Waals surface area contributed by atoms with Gasteiger partial charge in [-0.1, -0.05) is 0 Å². The smallest absolute Gasteiger partial charge is 0.234 e. The SMILES string of the molecule is CC1(NC(=O)CN)CCCOC1. The van der Waals surface area contributed by atoms with Gasteiger partial charge in [0.05, 0.1) is 18.7 Å². The van der Waals surface area contributed by atoms with Crippen LogP contribution >= 0.6 is 0 Å². The van der Waals surface area contributed by atoms with E-state index in [-0.39, 0.29) is 18.0 Å². The van der Waals surface area contributed by atoms with Crippen LogP contribution in [-0.4, -0.2) is 31.2 Å². The monoisotopic (exact) mass is 172 g/mol. The van der Waals surface area contributed by atoms with E-state index in [0.717, 1.165) is 19.4 Å². The summed E-state index contributed by atoms with van der Waals surface area (Å²) in [5, 5.41) is 2.86. The number of carbonyl (C=O) groups is 1. The van der Waals surface area contributed by atoms with E-state index < -0.39 is 0 Å². The second-order valence-corrected chi connectivity index (χ2v) is 3.47. The third-order valence-corrected chi connectivity index (χ3v) is 2.06. The topological polar surface area (TPSA) is 64.4 Å². The predicted molar refractivity (Wildman–Crippen MR) is 45.7 cm³/mol. The zero-order chi connectivity index (χ0) is 9.03. The van der Waals surface area contributed by atoms with Crippen molar-refractivity contribution in [1.29, 1.82) is 0 Å². The van der Waals surface area contributed by atoms with Crippen molar-refractivity contribution in [2.75, 3.05) is 19.8 Å². The average molecular weight is 172 g/mol. The molecule has 1 heterocycles. The Bertz CT molecular complexity index is 164. The van der Waals surface area contributed by atoms with Gasteiger partial charge in [0.2, 0.25) is 5.91 Å². The predicted octanol–water partition coefficient (Wildman–Crippen LogP) is -0.370. The summed E-state index contributed by atoms with van der Waals surface area (Å²) in [6, 6.07) is 0. The lowest BCUT2D eigenvalue weighted by Gasteiger charge is -2.34. The Kier molecular flexibility index (Phi) is 3.05. The maximum atomic E-state index is 11.0. The van der Waals surface area contributed by atoms with E-state index >= 15 is 0 Å². The summed E-state index contributed by atoms with van der Waals surface area (Å²) in [5.74, 6) is -0.108. The third-order valence-electron chi connectivity index (χ3n) is 2.06. The van der Waals surface area contributed by atoms with Crippen molar-refractivity contribution >= 4 is 5.91 Å². The van der Waals surface area contributed by atoms with Gasteiger partial charge >= 0.3 is 0 Å². The first-order valence-corrected chi connectivity index (χ1v) is 4.25. The highest BCUT2D eigenvalue weighted by Crippen LogP contribution is 2.17. The Balaban J connectivity index is 2.41. The lowest BCUT2D eigenvalue weighted by Crippen LogP contribution is -2.53. The average Bonchev–Trinajstić information content (AvgIpc) is 2.05. The fourth-order valence-electron chi connectivity index (χ4n) is 1.42. The van der Waals surface area contributed by atoms with E-state index in [1.165, 1.54) is 0 Å². The van der Waals surface area contributed by atoms with Crippen LogP contribution in [0, 0.1) is 0 Å². The Hall–Kier alpha value is -0.610. The largest absolute Gasteiger partial charge is 0.379 e. The molecular formula is C8H16N2O2. The van der Waals surface area contributed by atoms with Crippen molar-refractivity contribution in [2.45, 2.75) is 25.3 Å². The molecule has 1 amide bonds. The van der Waals surface area contributed by atoms with Crippen molar-refractivity contribution in [3.63, 3.8) is 0 Å². The molecule has 70 valence electrons. The fraction of sp³-hybridized carbons (Fsp3) is 0.875. The van der Waals surface area contributed by atoms with Gasteiger partial charge in [-0.2, -0.15) is 0 Å². The number of carbonyl (C=O) groups excluding carboxylic acids is 1. The Morgan fingerprint density at radius 1 is 1.75 bits per heavy atom. The van der Waals surface area contributed by atoms with E-state index in [0.29, 0.717) is 6.61 Å². The zero-order valence-electron chi connectivity index (χ0n) is 7.43. The summed E-state index contributed by atoms with van der Waals surface area (Å²) in [4.78, 5) is 11.0. The van der Waals surface area contributed by atoms with E-state index in [2.05, 4.69) is 5.32 Å². The van der Waals surface area contributed by atoms with Gasteiger partial charge in [0, 0.05) is 6.61 Å². The summed E-state index contributed by atoms with van der Waals surface area (Å²) < 4.78 is 5.27. The molecule has 4 heteroatoms. The molecule has 1 aliphatic rings. The van der Waals surface area contributed by atoms with E-state index in [1.54, 1.807) is 0 Å². The van der Waals surface area contributed by atoms with Crippen LogP contribution in [0.5, 0.6) is 0 Å². The van der Waals surface area contributed by atoms with E-state index in [9.17, 15) is 4.79 Å². The molecule has 0 aromatic carbocycles. The van der Waals surface area contributed by atoms with Gasteiger partial charge in [-0.3, -0.25) is 4.79 Å². The molecule has 4 nitrogen and oxygen atoms in total. The number of hydrogen-bond donors (Lipinski definition) is 2. The lowest BCUT2D eigenvalue weighted by atomic mass is 9.95. The number of hydrogen-bond acceptors (Lipinski definition) is 3. The molecule has 1 saturated heterocycles. The zero-order valence-corrected chi connectivity index (χ0v) is 7.43. The van der Waals surface area contributed by atoms with Gasteiger partial charge in [-0.15, -0.1) is 0 Å². The molecule has 0 radical (unpaired) electrons. The van der Waals surface area contributed by atoms with Crippen molar-refractivity contribution in [1.82, 2.24) is 5.32 Å². The number of amides is 1. The highest BCUT2D eigenvalue weighted by Gasteiger charge is 2.28. The highest BCUT2D eigenvalue weighted by molar-refractivity contribution is 5.78. The second-order valence-electron chi connectivity index (χ2n) is 3.47. The van der Waals surface area contributed by atoms with Crippen LogP contribution in [-0.2, 0) is 9.53 Å². The maximum Gasteiger partial charge on any atom is 0.234 e. The van der Waals surface area contributed by atoms with Gasteiger partial charge in [-0.25, -0.2) is 0 Å². The minimum absolute atomic E-state index is 0.0512. The summed E-state index contributed by atoms with van der Waals surface area (Å²) in [6.07, 6.45) is 1.97. The molecule has 1 aliphatic heterocycles. The lowest BCUT2D eigenvalue weighted by molar-refractivity contribution is -0.123. The molecule has 12 heavy (non-hydrogen) atoms. The number of nitrogens with one attached hydrogen (secondary N) is 1. The first-order valence-electron chi connectivity index (χ1n) is 4.25. The fourth-order valence-corrected chi connectivity index (χ4v) is 1.42. The minimum Gasteiger partial charge on any atom is -0.379 e. The van der Waals surface area contributed by atoms with E-state index in [4.69, 9.17) is 10.5 Å². The Morgan fingerprint density at radius 2 is 2.50 bits per heavy atom. The van der Waals surface area contributed by atoms with Crippen LogP contribution in [0.25, 0.3) is 0 Å². The molecule has 0 aromatic rings. The first-order chi connectivity index (χ1) is 5.66. The van der Waals surface area contributed by atoms with Crippen LogP contribution in [0.15, 0.2) is 0 Å².